The molecule has 4 rings (SSSR count). The number of nitrogens with zero attached hydrogens (tertiary/aromatic N) is 2. The van der Waals surface area contributed by atoms with Crippen molar-refractivity contribution in [2.45, 2.75) is 72.6 Å². The minimum Gasteiger partial charge on any atom is -0.487 e. The van der Waals surface area contributed by atoms with Crippen LogP contribution in [0.3, 0.4) is 0 Å². The highest BCUT2D eigenvalue weighted by Crippen LogP contribution is 2.40. The van der Waals surface area contributed by atoms with Crippen LogP contribution < -0.4 is 10.1 Å². The van der Waals surface area contributed by atoms with Crippen molar-refractivity contribution in [3.8, 4) is 5.75 Å². The van der Waals surface area contributed by atoms with Crippen LogP contribution in [-0.2, 0) is 6.54 Å². The van der Waals surface area contributed by atoms with Gasteiger partial charge in [0, 0.05) is 35.5 Å². The monoisotopic (exact) mass is 457 g/mol. The van der Waals surface area contributed by atoms with Gasteiger partial charge in [-0.15, -0.1) is 0 Å². The fourth-order valence-corrected chi connectivity index (χ4v) is 5.44. The Labute approximate surface area is 194 Å². The molecule has 3 atom stereocenters. The molecule has 1 aromatic carbocycles. The van der Waals surface area contributed by atoms with E-state index in [9.17, 15) is 9.18 Å². The minimum atomic E-state index is -0.574. The second-order valence-electron chi connectivity index (χ2n) is 10.3. The molecule has 7 heteroatoms. The number of pyridine rings is 1. The Hall–Kier alpha value is -2.70. The van der Waals surface area contributed by atoms with Gasteiger partial charge in [0.2, 0.25) is 0 Å². The summed E-state index contributed by atoms with van der Waals surface area (Å²) in [6, 6.07) is 3.50. The van der Waals surface area contributed by atoms with E-state index < -0.39 is 17.7 Å². The Bertz CT molecular complexity index is 1060. The maximum absolute atomic E-state index is 15.0. The van der Waals surface area contributed by atoms with E-state index in [4.69, 9.17) is 4.74 Å². The lowest BCUT2D eigenvalue weighted by Crippen LogP contribution is -2.34. The first-order valence-corrected chi connectivity index (χ1v) is 11.8. The first-order chi connectivity index (χ1) is 15.6. The maximum Gasteiger partial charge on any atom is 0.254 e. The summed E-state index contributed by atoms with van der Waals surface area (Å²) in [6.45, 7) is 11.3. The van der Waals surface area contributed by atoms with Gasteiger partial charge in [0.05, 0.1) is 18.7 Å². The van der Waals surface area contributed by atoms with Crippen LogP contribution in [0.4, 0.5) is 14.6 Å². The molecule has 1 fully saturated rings. The van der Waals surface area contributed by atoms with Crippen molar-refractivity contribution in [2.24, 2.45) is 11.3 Å². The summed E-state index contributed by atoms with van der Waals surface area (Å²) in [5.74, 6) is -0.192. The molecule has 0 bridgehead atoms. The smallest absolute Gasteiger partial charge is 0.254 e. The normalized spacial score (nSPS) is 22.8. The quantitative estimate of drug-likeness (QED) is 0.569. The van der Waals surface area contributed by atoms with Crippen LogP contribution in [0.5, 0.6) is 5.75 Å². The molecule has 1 aromatic heterocycles. The van der Waals surface area contributed by atoms with E-state index in [1.54, 1.807) is 24.1 Å². The minimum absolute atomic E-state index is 0.0375. The fourth-order valence-electron chi connectivity index (χ4n) is 5.44. The third-order valence-corrected chi connectivity index (χ3v) is 6.82. The number of carbonyl (C=O) groups is 1. The number of halogens is 2. The predicted octanol–water partition coefficient (Wildman–Crippen LogP) is 6.10. The molecule has 0 radical (unpaired) electrons. The number of amides is 1. The summed E-state index contributed by atoms with van der Waals surface area (Å²) in [5.41, 5.74) is 1.69. The van der Waals surface area contributed by atoms with Crippen molar-refractivity contribution in [3.63, 3.8) is 0 Å². The number of benzene rings is 1. The summed E-state index contributed by atoms with van der Waals surface area (Å²) >= 11 is 0. The van der Waals surface area contributed by atoms with E-state index in [2.05, 4.69) is 31.1 Å². The topological polar surface area (TPSA) is 54.5 Å². The van der Waals surface area contributed by atoms with Gasteiger partial charge in [-0.1, -0.05) is 20.8 Å². The van der Waals surface area contributed by atoms with Gasteiger partial charge in [-0.25, -0.2) is 13.8 Å². The van der Waals surface area contributed by atoms with Crippen molar-refractivity contribution < 1.29 is 18.3 Å². The van der Waals surface area contributed by atoms with E-state index in [0.29, 0.717) is 30.4 Å². The van der Waals surface area contributed by atoms with E-state index in [1.165, 1.54) is 6.07 Å². The Morgan fingerprint density at radius 1 is 1.27 bits per heavy atom. The van der Waals surface area contributed by atoms with E-state index in [-0.39, 0.29) is 28.7 Å². The van der Waals surface area contributed by atoms with Crippen molar-refractivity contribution >= 4 is 11.7 Å². The summed E-state index contributed by atoms with van der Waals surface area (Å²) in [4.78, 5) is 18.5. The SMILES string of the molecule is CCN1Cc2c(ccnc2N[C@@H](C)c2cc(F)c(OC3CC(C)CC(C)(C)C3)cc2F)C1=O. The lowest BCUT2D eigenvalue weighted by molar-refractivity contribution is 0.0533. The highest BCUT2D eigenvalue weighted by Gasteiger charge is 2.34. The molecule has 2 heterocycles. The molecule has 178 valence electrons. The Balaban J connectivity index is 1.52. The van der Waals surface area contributed by atoms with Gasteiger partial charge in [-0.2, -0.15) is 0 Å². The summed E-state index contributed by atoms with van der Waals surface area (Å²) in [6.07, 6.45) is 4.18. The molecule has 1 aliphatic carbocycles. The number of hydrogen-bond donors (Lipinski definition) is 1. The van der Waals surface area contributed by atoms with Crippen molar-refractivity contribution in [1.82, 2.24) is 9.88 Å². The number of carbonyl (C=O) groups excluding carboxylic acids is 1. The third kappa shape index (κ3) is 4.82. The lowest BCUT2D eigenvalue weighted by Gasteiger charge is -2.38. The molecular formula is C26H33F2N3O2. The molecule has 1 N–H and O–H groups in total. The molecule has 2 aliphatic rings. The molecule has 5 nitrogen and oxygen atoms in total. The number of nitrogens with one attached hydrogen (secondary N) is 1. The van der Waals surface area contributed by atoms with Crippen LogP contribution in [0.15, 0.2) is 24.4 Å². The fraction of sp³-hybridized carbons (Fsp3) is 0.538. The lowest BCUT2D eigenvalue weighted by atomic mass is 9.71. The molecular weight excluding hydrogens is 424 g/mol. The van der Waals surface area contributed by atoms with Crippen molar-refractivity contribution in [3.05, 3.63) is 52.7 Å². The Morgan fingerprint density at radius 2 is 2.03 bits per heavy atom. The molecule has 33 heavy (non-hydrogen) atoms. The molecule has 0 saturated heterocycles. The second-order valence-corrected chi connectivity index (χ2v) is 10.3. The second kappa shape index (κ2) is 8.92. The average Bonchev–Trinajstić information content (AvgIpc) is 3.06. The average molecular weight is 458 g/mol. The highest BCUT2D eigenvalue weighted by molar-refractivity contribution is 5.99. The van der Waals surface area contributed by atoms with Crippen molar-refractivity contribution in [1.29, 1.82) is 0 Å². The van der Waals surface area contributed by atoms with Gasteiger partial charge in [0.15, 0.2) is 11.6 Å². The standard InChI is InChI=1S/C26H33F2N3O2/c1-6-31-14-20-18(25(31)32)7-8-29-24(20)30-16(3)19-10-22(28)23(11-21(19)27)33-17-9-15(2)12-26(4,5)13-17/h7-8,10-11,15-17H,6,9,12-14H2,1-5H3,(H,29,30)/t15?,16-,17?/m0/s1. The number of anilines is 1. The summed E-state index contributed by atoms with van der Waals surface area (Å²) < 4.78 is 35.9. The van der Waals surface area contributed by atoms with Gasteiger partial charge in [0.25, 0.3) is 5.91 Å². The number of rotatable bonds is 6. The molecule has 1 amide bonds. The largest absolute Gasteiger partial charge is 0.487 e. The maximum atomic E-state index is 15.0. The van der Waals surface area contributed by atoms with Crippen LogP contribution in [0.2, 0.25) is 0 Å². The number of hydrogen-bond acceptors (Lipinski definition) is 4. The molecule has 2 aromatic rings. The zero-order valence-electron chi connectivity index (χ0n) is 20.0. The van der Waals surface area contributed by atoms with Crippen molar-refractivity contribution in [2.75, 3.05) is 11.9 Å². The van der Waals surface area contributed by atoms with Crippen LogP contribution >= 0.6 is 0 Å². The van der Waals surface area contributed by atoms with Gasteiger partial charge >= 0.3 is 0 Å². The summed E-state index contributed by atoms with van der Waals surface area (Å²) in [7, 11) is 0. The van der Waals surface area contributed by atoms with Crippen LogP contribution in [-0.4, -0.2) is 28.4 Å². The van der Waals surface area contributed by atoms with Crippen LogP contribution in [0.1, 0.15) is 81.4 Å². The number of fused-ring (bicyclic) bond motifs is 1. The van der Waals surface area contributed by atoms with Crippen LogP contribution in [0, 0.1) is 23.0 Å². The van der Waals surface area contributed by atoms with E-state index in [1.807, 2.05) is 6.92 Å². The van der Waals surface area contributed by atoms with Gasteiger partial charge in [0.1, 0.15) is 11.6 Å². The molecule has 2 unspecified atom stereocenters. The molecule has 0 spiro atoms. The third-order valence-electron chi connectivity index (χ3n) is 6.82. The van der Waals surface area contributed by atoms with E-state index >= 15 is 4.39 Å². The van der Waals surface area contributed by atoms with Crippen LogP contribution in [0.25, 0.3) is 0 Å². The Morgan fingerprint density at radius 3 is 2.73 bits per heavy atom. The first kappa shape index (κ1) is 23.5. The highest BCUT2D eigenvalue weighted by atomic mass is 19.1. The molecule has 1 aliphatic heterocycles. The molecule has 1 saturated carbocycles. The zero-order chi connectivity index (χ0) is 23.9. The Kier molecular flexibility index (Phi) is 6.34. The summed E-state index contributed by atoms with van der Waals surface area (Å²) in [5, 5.41) is 3.17. The number of ether oxygens (including phenoxy) is 1. The predicted molar refractivity (Wildman–Crippen MR) is 124 cm³/mol. The number of aromatic nitrogens is 1. The van der Waals surface area contributed by atoms with E-state index in [0.717, 1.165) is 30.9 Å². The van der Waals surface area contributed by atoms with Gasteiger partial charge in [-0.3, -0.25) is 4.79 Å². The first-order valence-electron chi connectivity index (χ1n) is 11.8. The van der Waals surface area contributed by atoms with Gasteiger partial charge in [-0.05, 0) is 56.6 Å². The zero-order valence-corrected chi connectivity index (χ0v) is 20.0. The van der Waals surface area contributed by atoms with Gasteiger partial charge < -0.3 is 15.0 Å².